The maximum atomic E-state index is 12.0. The van der Waals surface area contributed by atoms with Crippen LogP contribution >= 0.6 is 11.6 Å². The number of nitrogens with zero attached hydrogens (tertiary/aromatic N) is 1. The van der Waals surface area contributed by atoms with Gasteiger partial charge in [0.2, 0.25) is 5.91 Å². The first-order chi connectivity index (χ1) is 8.15. The van der Waals surface area contributed by atoms with E-state index in [-0.39, 0.29) is 11.8 Å². The van der Waals surface area contributed by atoms with Crippen molar-refractivity contribution in [2.75, 3.05) is 5.32 Å². The fraction of sp³-hybridized carbons (Fsp3) is 0.538. The summed E-state index contributed by atoms with van der Waals surface area (Å²) in [5.41, 5.74) is 0.730. The summed E-state index contributed by atoms with van der Waals surface area (Å²) in [5.74, 6) is 1.02. The molecule has 1 aliphatic rings. The number of halogens is 1. The van der Waals surface area contributed by atoms with Gasteiger partial charge >= 0.3 is 0 Å². The lowest BCUT2D eigenvalue weighted by Gasteiger charge is -2.25. The van der Waals surface area contributed by atoms with E-state index in [0.29, 0.717) is 5.15 Å². The molecular formula is C13H17ClN2O. The van der Waals surface area contributed by atoms with Crippen LogP contribution in [0.25, 0.3) is 0 Å². The van der Waals surface area contributed by atoms with Crippen LogP contribution in [0.3, 0.4) is 0 Å². The minimum atomic E-state index is 0.110. The summed E-state index contributed by atoms with van der Waals surface area (Å²) in [6, 6.07) is 3.43. The first kappa shape index (κ1) is 12.4. The van der Waals surface area contributed by atoms with E-state index in [1.165, 1.54) is 0 Å². The van der Waals surface area contributed by atoms with Crippen LogP contribution in [0.5, 0.6) is 0 Å². The summed E-state index contributed by atoms with van der Waals surface area (Å²) >= 11 is 5.77. The van der Waals surface area contributed by atoms with Gasteiger partial charge in [0, 0.05) is 17.8 Å². The molecule has 92 valence electrons. The standard InChI is InChI=1S/C13H17ClN2O/c1-9-2-4-10(5-3-9)13(17)16-11-6-7-15-12(14)8-11/h6-10H,2-5H2,1H3,(H,15,16,17). The van der Waals surface area contributed by atoms with Gasteiger partial charge in [-0.1, -0.05) is 18.5 Å². The van der Waals surface area contributed by atoms with Gasteiger partial charge in [0.05, 0.1) is 0 Å². The largest absolute Gasteiger partial charge is 0.326 e. The monoisotopic (exact) mass is 252 g/mol. The Morgan fingerprint density at radius 2 is 2.12 bits per heavy atom. The average Bonchev–Trinajstić information content (AvgIpc) is 2.29. The molecule has 2 rings (SSSR count). The summed E-state index contributed by atoms with van der Waals surface area (Å²) in [7, 11) is 0. The maximum absolute atomic E-state index is 12.0. The number of nitrogens with one attached hydrogen (secondary N) is 1. The van der Waals surface area contributed by atoms with Crippen LogP contribution < -0.4 is 5.32 Å². The fourth-order valence-corrected chi connectivity index (χ4v) is 2.42. The smallest absolute Gasteiger partial charge is 0.227 e. The van der Waals surface area contributed by atoms with Gasteiger partial charge < -0.3 is 5.32 Å². The first-order valence-electron chi connectivity index (χ1n) is 6.07. The van der Waals surface area contributed by atoms with E-state index in [1.807, 2.05) is 0 Å². The zero-order chi connectivity index (χ0) is 12.3. The predicted molar refractivity (Wildman–Crippen MR) is 69.0 cm³/mol. The highest BCUT2D eigenvalue weighted by Crippen LogP contribution is 2.29. The molecule has 0 bridgehead atoms. The van der Waals surface area contributed by atoms with Crippen LogP contribution in [0.15, 0.2) is 18.3 Å². The molecule has 0 aliphatic heterocycles. The number of carbonyl (C=O) groups is 1. The van der Waals surface area contributed by atoms with Crippen molar-refractivity contribution in [3.05, 3.63) is 23.5 Å². The van der Waals surface area contributed by atoms with Crippen molar-refractivity contribution in [3.63, 3.8) is 0 Å². The number of carbonyl (C=O) groups excluding carboxylic acids is 1. The second kappa shape index (κ2) is 5.50. The molecule has 1 N–H and O–H groups in total. The van der Waals surface area contributed by atoms with E-state index in [9.17, 15) is 4.79 Å². The van der Waals surface area contributed by atoms with Gasteiger partial charge in [-0.05, 0) is 43.7 Å². The van der Waals surface area contributed by atoms with Crippen LogP contribution in [0.2, 0.25) is 5.15 Å². The van der Waals surface area contributed by atoms with Crippen molar-refractivity contribution in [1.29, 1.82) is 0 Å². The Morgan fingerprint density at radius 3 is 2.76 bits per heavy atom. The topological polar surface area (TPSA) is 42.0 Å². The van der Waals surface area contributed by atoms with Crippen LogP contribution in [0.4, 0.5) is 5.69 Å². The number of amides is 1. The third-order valence-corrected chi connectivity index (χ3v) is 3.59. The number of anilines is 1. The molecule has 1 aromatic rings. The third kappa shape index (κ3) is 3.43. The van der Waals surface area contributed by atoms with E-state index < -0.39 is 0 Å². The SMILES string of the molecule is CC1CCC(C(=O)Nc2ccnc(Cl)c2)CC1. The molecule has 0 spiro atoms. The minimum absolute atomic E-state index is 0.110. The molecule has 1 aliphatic carbocycles. The Balaban J connectivity index is 1.93. The highest BCUT2D eigenvalue weighted by Gasteiger charge is 2.24. The first-order valence-corrected chi connectivity index (χ1v) is 6.45. The molecule has 1 fully saturated rings. The third-order valence-electron chi connectivity index (χ3n) is 3.38. The Bertz CT molecular complexity index is 400. The lowest BCUT2D eigenvalue weighted by molar-refractivity contribution is -0.121. The van der Waals surface area contributed by atoms with Gasteiger partial charge in [0.1, 0.15) is 5.15 Å². The van der Waals surface area contributed by atoms with E-state index in [4.69, 9.17) is 11.6 Å². The lowest BCUT2D eigenvalue weighted by atomic mass is 9.82. The van der Waals surface area contributed by atoms with Crippen LogP contribution in [-0.4, -0.2) is 10.9 Å². The summed E-state index contributed by atoms with van der Waals surface area (Å²) < 4.78 is 0. The molecule has 0 unspecified atom stereocenters. The Morgan fingerprint density at radius 1 is 1.41 bits per heavy atom. The molecule has 0 saturated heterocycles. The van der Waals surface area contributed by atoms with Gasteiger partial charge in [-0.3, -0.25) is 4.79 Å². The second-order valence-corrected chi connectivity index (χ2v) is 5.20. The van der Waals surface area contributed by atoms with E-state index in [1.54, 1.807) is 18.3 Å². The summed E-state index contributed by atoms with van der Waals surface area (Å²) in [4.78, 5) is 15.9. The molecule has 3 nitrogen and oxygen atoms in total. The molecule has 1 amide bonds. The summed E-state index contributed by atoms with van der Waals surface area (Å²) in [6.45, 7) is 2.25. The number of hydrogen-bond acceptors (Lipinski definition) is 2. The normalized spacial score (nSPS) is 24.4. The van der Waals surface area contributed by atoms with Crippen molar-refractivity contribution >= 4 is 23.2 Å². The van der Waals surface area contributed by atoms with Gasteiger partial charge in [0.25, 0.3) is 0 Å². The summed E-state index contributed by atoms with van der Waals surface area (Å²) in [6.07, 6.45) is 5.88. The minimum Gasteiger partial charge on any atom is -0.326 e. The number of pyridine rings is 1. The van der Waals surface area contributed by atoms with E-state index in [2.05, 4.69) is 17.2 Å². The van der Waals surface area contributed by atoms with Crippen molar-refractivity contribution in [2.24, 2.45) is 11.8 Å². The van der Waals surface area contributed by atoms with Crippen molar-refractivity contribution in [1.82, 2.24) is 4.98 Å². The van der Waals surface area contributed by atoms with Crippen LogP contribution in [-0.2, 0) is 4.79 Å². The van der Waals surface area contributed by atoms with Gasteiger partial charge in [-0.25, -0.2) is 4.98 Å². The maximum Gasteiger partial charge on any atom is 0.227 e. The zero-order valence-corrected chi connectivity index (χ0v) is 10.7. The van der Waals surface area contributed by atoms with Crippen LogP contribution in [0, 0.1) is 11.8 Å². The Hall–Kier alpha value is -1.09. The van der Waals surface area contributed by atoms with Gasteiger partial charge in [0.15, 0.2) is 0 Å². The molecule has 1 saturated carbocycles. The van der Waals surface area contributed by atoms with Crippen molar-refractivity contribution < 1.29 is 4.79 Å². The molecule has 0 aromatic carbocycles. The Labute approximate surface area is 107 Å². The molecule has 1 aromatic heterocycles. The predicted octanol–water partition coefficient (Wildman–Crippen LogP) is 3.50. The highest BCUT2D eigenvalue weighted by molar-refractivity contribution is 6.29. The van der Waals surface area contributed by atoms with Crippen molar-refractivity contribution in [2.45, 2.75) is 32.6 Å². The molecular weight excluding hydrogens is 236 g/mol. The number of aromatic nitrogens is 1. The fourth-order valence-electron chi connectivity index (χ4n) is 2.25. The molecule has 17 heavy (non-hydrogen) atoms. The molecule has 0 atom stereocenters. The lowest BCUT2D eigenvalue weighted by Crippen LogP contribution is -2.26. The van der Waals surface area contributed by atoms with Crippen molar-refractivity contribution in [3.8, 4) is 0 Å². The Kier molecular flexibility index (Phi) is 4.00. The average molecular weight is 253 g/mol. The molecule has 4 heteroatoms. The van der Waals surface area contributed by atoms with E-state index >= 15 is 0 Å². The van der Waals surface area contributed by atoms with Gasteiger partial charge in [-0.15, -0.1) is 0 Å². The van der Waals surface area contributed by atoms with E-state index in [0.717, 1.165) is 37.3 Å². The number of rotatable bonds is 2. The number of hydrogen-bond donors (Lipinski definition) is 1. The zero-order valence-electron chi connectivity index (χ0n) is 9.95. The van der Waals surface area contributed by atoms with Gasteiger partial charge in [-0.2, -0.15) is 0 Å². The molecule has 1 heterocycles. The second-order valence-electron chi connectivity index (χ2n) is 4.81. The highest BCUT2D eigenvalue weighted by atomic mass is 35.5. The van der Waals surface area contributed by atoms with Crippen LogP contribution in [0.1, 0.15) is 32.6 Å². The quantitative estimate of drug-likeness (QED) is 0.819. The summed E-state index contributed by atoms with van der Waals surface area (Å²) in [5, 5.41) is 3.31. The molecule has 0 radical (unpaired) electrons.